The molecular weight excluding hydrogens is 200 g/mol. The number of thiazole rings is 1. The fourth-order valence-electron chi connectivity index (χ4n) is 1.05. The van der Waals surface area contributed by atoms with E-state index in [1.807, 2.05) is 19.2 Å². The van der Waals surface area contributed by atoms with Crippen molar-refractivity contribution in [3.63, 3.8) is 0 Å². The second-order valence-electron chi connectivity index (χ2n) is 3.68. The Hall–Kier alpha value is -0.490. The first-order valence-corrected chi connectivity index (χ1v) is 5.38. The second-order valence-corrected chi connectivity index (χ2v) is 4.57. The summed E-state index contributed by atoms with van der Waals surface area (Å²) in [4.78, 5) is 4.20. The Morgan fingerprint density at radius 1 is 1.64 bits per heavy atom. The maximum Gasteiger partial charge on any atom is 0.112 e. The van der Waals surface area contributed by atoms with Gasteiger partial charge in [-0.05, 0) is 13.8 Å². The highest BCUT2D eigenvalue weighted by atomic mass is 32.1. The van der Waals surface area contributed by atoms with E-state index in [1.165, 1.54) is 0 Å². The third-order valence-corrected chi connectivity index (χ3v) is 3.05. The molecule has 1 rings (SSSR count). The Morgan fingerprint density at radius 2 is 2.36 bits per heavy atom. The van der Waals surface area contributed by atoms with Crippen molar-refractivity contribution in [2.24, 2.45) is 0 Å². The minimum absolute atomic E-state index is 0.221. The minimum atomic E-state index is -0.714. The van der Waals surface area contributed by atoms with Gasteiger partial charge in [0.05, 0.1) is 18.2 Å². The van der Waals surface area contributed by atoms with Gasteiger partial charge >= 0.3 is 0 Å². The molecule has 0 aliphatic rings. The van der Waals surface area contributed by atoms with Gasteiger partial charge in [-0.15, -0.1) is 11.3 Å². The van der Waals surface area contributed by atoms with Crippen molar-refractivity contribution in [1.29, 1.82) is 0 Å². The third-order valence-electron chi connectivity index (χ3n) is 1.96. The molecule has 0 bridgehead atoms. The molecule has 5 heteroatoms. The van der Waals surface area contributed by atoms with Gasteiger partial charge < -0.3 is 15.5 Å². The van der Waals surface area contributed by atoms with Gasteiger partial charge in [-0.1, -0.05) is 0 Å². The van der Waals surface area contributed by atoms with Crippen molar-refractivity contribution >= 4 is 11.3 Å². The SMILES string of the molecule is CC(C)(NC[C@H](O)CO)c1nccs1. The highest BCUT2D eigenvalue weighted by Gasteiger charge is 2.23. The molecule has 0 aliphatic heterocycles. The molecule has 0 spiro atoms. The number of aliphatic hydroxyl groups is 2. The van der Waals surface area contributed by atoms with Crippen molar-refractivity contribution in [2.75, 3.05) is 13.2 Å². The lowest BCUT2D eigenvalue weighted by Crippen LogP contribution is -2.42. The number of nitrogens with one attached hydrogen (secondary N) is 1. The van der Waals surface area contributed by atoms with Gasteiger partial charge in [-0.25, -0.2) is 4.98 Å². The van der Waals surface area contributed by atoms with Crippen LogP contribution in [0.1, 0.15) is 18.9 Å². The molecule has 1 aromatic heterocycles. The van der Waals surface area contributed by atoms with Crippen LogP contribution in [0, 0.1) is 0 Å². The molecule has 0 aliphatic carbocycles. The van der Waals surface area contributed by atoms with Crippen LogP contribution in [0.3, 0.4) is 0 Å². The first-order valence-electron chi connectivity index (χ1n) is 4.50. The average Bonchev–Trinajstić information content (AvgIpc) is 2.67. The Kier molecular flexibility index (Phi) is 4.00. The van der Waals surface area contributed by atoms with Crippen molar-refractivity contribution in [3.05, 3.63) is 16.6 Å². The Bertz CT molecular complexity index is 262. The average molecular weight is 216 g/mol. The van der Waals surface area contributed by atoms with Crippen LogP contribution in [-0.2, 0) is 5.54 Å². The van der Waals surface area contributed by atoms with Crippen molar-refractivity contribution in [2.45, 2.75) is 25.5 Å². The maximum absolute atomic E-state index is 9.19. The smallest absolute Gasteiger partial charge is 0.112 e. The van der Waals surface area contributed by atoms with Crippen LogP contribution in [0.25, 0.3) is 0 Å². The van der Waals surface area contributed by atoms with E-state index in [4.69, 9.17) is 5.11 Å². The quantitative estimate of drug-likeness (QED) is 0.663. The maximum atomic E-state index is 9.19. The van der Waals surface area contributed by atoms with Crippen molar-refractivity contribution in [1.82, 2.24) is 10.3 Å². The number of aliphatic hydroxyl groups excluding tert-OH is 2. The highest BCUT2D eigenvalue weighted by molar-refractivity contribution is 7.09. The zero-order chi connectivity index (χ0) is 10.6. The summed E-state index contributed by atoms with van der Waals surface area (Å²) in [5.74, 6) is 0. The van der Waals surface area contributed by atoms with E-state index >= 15 is 0 Å². The summed E-state index contributed by atoms with van der Waals surface area (Å²) in [6.45, 7) is 4.13. The van der Waals surface area contributed by atoms with E-state index in [9.17, 15) is 5.11 Å². The number of hydrogen-bond donors (Lipinski definition) is 3. The Balaban J connectivity index is 2.50. The molecule has 80 valence electrons. The summed E-state index contributed by atoms with van der Waals surface area (Å²) in [6, 6.07) is 0. The molecule has 4 nitrogen and oxygen atoms in total. The molecule has 0 fully saturated rings. The zero-order valence-electron chi connectivity index (χ0n) is 8.40. The van der Waals surface area contributed by atoms with Crippen LogP contribution in [0.5, 0.6) is 0 Å². The number of hydrogen-bond acceptors (Lipinski definition) is 5. The largest absolute Gasteiger partial charge is 0.394 e. The molecule has 0 amide bonds. The highest BCUT2D eigenvalue weighted by Crippen LogP contribution is 2.21. The molecule has 0 radical (unpaired) electrons. The lowest BCUT2D eigenvalue weighted by molar-refractivity contribution is 0.0876. The summed E-state index contributed by atoms with van der Waals surface area (Å²) in [6.07, 6.45) is 1.04. The van der Waals surface area contributed by atoms with Crippen molar-refractivity contribution < 1.29 is 10.2 Å². The molecule has 0 saturated heterocycles. The molecule has 0 aromatic carbocycles. The minimum Gasteiger partial charge on any atom is -0.394 e. The number of aromatic nitrogens is 1. The van der Waals surface area contributed by atoms with Gasteiger partial charge in [0, 0.05) is 18.1 Å². The van der Waals surface area contributed by atoms with Gasteiger partial charge in [0.1, 0.15) is 5.01 Å². The molecule has 0 saturated carbocycles. The Morgan fingerprint density at radius 3 is 2.86 bits per heavy atom. The van der Waals surface area contributed by atoms with E-state index in [-0.39, 0.29) is 12.1 Å². The first-order chi connectivity index (χ1) is 6.56. The summed E-state index contributed by atoms with van der Waals surface area (Å²) in [5, 5.41) is 23.9. The molecule has 3 N–H and O–H groups in total. The van der Waals surface area contributed by atoms with Crippen LogP contribution in [-0.4, -0.2) is 34.5 Å². The zero-order valence-corrected chi connectivity index (χ0v) is 9.21. The van der Waals surface area contributed by atoms with Crippen LogP contribution < -0.4 is 5.32 Å². The monoisotopic (exact) mass is 216 g/mol. The van der Waals surface area contributed by atoms with E-state index < -0.39 is 6.10 Å². The van der Waals surface area contributed by atoms with E-state index in [0.29, 0.717) is 6.54 Å². The molecule has 1 heterocycles. The normalized spacial score (nSPS) is 14.3. The number of rotatable bonds is 5. The topological polar surface area (TPSA) is 65.4 Å². The van der Waals surface area contributed by atoms with Crippen LogP contribution in [0.15, 0.2) is 11.6 Å². The molecular formula is C9H16N2O2S. The van der Waals surface area contributed by atoms with Gasteiger partial charge in [0.25, 0.3) is 0 Å². The fraction of sp³-hybridized carbons (Fsp3) is 0.667. The summed E-state index contributed by atoms with van der Waals surface area (Å²) >= 11 is 1.57. The van der Waals surface area contributed by atoms with Crippen LogP contribution in [0.4, 0.5) is 0 Å². The van der Waals surface area contributed by atoms with Crippen molar-refractivity contribution in [3.8, 4) is 0 Å². The van der Waals surface area contributed by atoms with E-state index in [1.54, 1.807) is 17.5 Å². The predicted molar refractivity (Wildman–Crippen MR) is 56.2 cm³/mol. The predicted octanol–water partition coefficient (Wildman–Crippen LogP) is 0.321. The van der Waals surface area contributed by atoms with E-state index in [2.05, 4.69) is 10.3 Å². The molecule has 1 aromatic rings. The summed E-state index contributed by atoms with van der Waals surface area (Å²) < 4.78 is 0. The first kappa shape index (κ1) is 11.6. The van der Waals surface area contributed by atoms with Crippen LogP contribution in [0.2, 0.25) is 0 Å². The van der Waals surface area contributed by atoms with Gasteiger partial charge in [-0.2, -0.15) is 0 Å². The second kappa shape index (κ2) is 4.84. The fourth-order valence-corrected chi connectivity index (χ4v) is 1.78. The summed E-state index contributed by atoms with van der Waals surface area (Å²) in [5.41, 5.74) is -0.260. The lowest BCUT2D eigenvalue weighted by Gasteiger charge is -2.25. The standard InChI is InChI=1S/C9H16N2O2S/c1-9(2,8-10-3-4-14-8)11-5-7(13)6-12/h3-4,7,11-13H,5-6H2,1-2H3/t7-/m0/s1. The molecule has 14 heavy (non-hydrogen) atoms. The van der Waals surface area contributed by atoms with Gasteiger partial charge in [0.15, 0.2) is 0 Å². The van der Waals surface area contributed by atoms with Gasteiger partial charge in [-0.3, -0.25) is 0 Å². The Labute approximate surface area is 87.6 Å². The molecule has 1 atom stereocenters. The molecule has 0 unspecified atom stereocenters. The third kappa shape index (κ3) is 3.02. The van der Waals surface area contributed by atoms with Crippen LogP contribution >= 0.6 is 11.3 Å². The van der Waals surface area contributed by atoms with E-state index in [0.717, 1.165) is 5.01 Å². The summed E-state index contributed by atoms with van der Waals surface area (Å²) in [7, 11) is 0. The number of nitrogens with zero attached hydrogens (tertiary/aromatic N) is 1. The van der Waals surface area contributed by atoms with Gasteiger partial charge in [0.2, 0.25) is 0 Å². The lowest BCUT2D eigenvalue weighted by atomic mass is 10.1.